The molecule has 1 aliphatic carbocycles. The lowest BCUT2D eigenvalue weighted by molar-refractivity contribution is 0.338. The second kappa shape index (κ2) is 2.68. The number of allylic oxidation sites excluding steroid dienone is 4. The van der Waals surface area contributed by atoms with Gasteiger partial charge in [-0.1, -0.05) is 0 Å². The summed E-state index contributed by atoms with van der Waals surface area (Å²) in [5, 5.41) is 0. The third-order valence-corrected chi connectivity index (χ3v) is 1.43. The van der Waals surface area contributed by atoms with Crippen molar-refractivity contribution in [3.05, 3.63) is 29.5 Å². The van der Waals surface area contributed by atoms with Gasteiger partial charge < -0.3 is 0 Å². The monoisotopic (exact) mass is 165 g/mol. The van der Waals surface area contributed by atoms with Crippen LogP contribution in [0, 0.1) is 6.42 Å². The van der Waals surface area contributed by atoms with Gasteiger partial charge in [0, 0.05) is 5.57 Å². The van der Waals surface area contributed by atoms with Gasteiger partial charge in [0.05, 0.1) is 6.42 Å². The molecule has 0 N–H and O–H groups in total. The van der Waals surface area contributed by atoms with Crippen LogP contribution in [0.1, 0.15) is 6.92 Å². The summed E-state index contributed by atoms with van der Waals surface area (Å²) in [6.07, 6.45) is -1.88. The normalized spacial score (nSPS) is 26.5. The highest BCUT2D eigenvalue weighted by molar-refractivity contribution is 5.39. The van der Waals surface area contributed by atoms with Gasteiger partial charge in [0.1, 0.15) is 11.7 Å². The van der Waals surface area contributed by atoms with Crippen LogP contribution in [-0.2, 0) is 0 Å². The Hall–Kier alpha value is -0.800. The molecule has 1 unspecified atom stereocenters. The predicted molar refractivity (Wildman–Crippen MR) is 32.2 cm³/mol. The van der Waals surface area contributed by atoms with Crippen molar-refractivity contribution < 1.29 is 17.6 Å². The van der Waals surface area contributed by atoms with Gasteiger partial charge in [0.25, 0.3) is 0 Å². The summed E-state index contributed by atoms with van der Waals surface area (Å²) in [7, 11) is 0. The standard InChI is InChI=1S/C7H5F4/c1-3-6(10)4(8)2-5(9)7(3)11/h2,4H,1H3. The highest BCUT2D eigenvalue weighted by Gasteiger charge is 2.28. The lowest BCUT2D eigenvalue weighted by atomic mass is 10.0. The fourth-order valence-corrected chi connectivity index (χ4v) is 0.766. The van der Waals surface area contributed by atoms with E-state index in [-0.39, 0.29) is 6.42 Å². The number of rotatable bonds is 0. The molecule has 0 spiro atoms. The van der Waals surface area contributed by atoms with E-state index < -0.39 is 29.2 Å². The Balaban J connectivity index is 3.07. The van der Waals surface area contributed by atoms with Crippen molar-refractivity contribution in [3.8, 4) is 0 Å². The van der Waals surface area contributed by atoms with Crippen LogP contribution in [0.15, 0.2) is 23.1 Å². The Bertz CT molecular complexity index is 239. The average Bonchev–Trinajstić information content (AvgIpc) is 1.97. The lowest BCUT2D eigenvalue weighted by Gasteiger charge is -2.12. The molecule has 1 radical (unpaired) electrons. The summed E-state index contributed by atoms with van der Waals surface area (Å²) in [6.45, 7) is 0.990. The quantitative estimate of drug-likeness (QED) is 0.484. The Morgan fingerprint density at radius 2 is 1.82 bits per heavy atom. The first-order valence-corrected chi connectivity index (χ1v) is 2.95. The van der Waals surface area contributed by atoms with E-state index in [0.717, 1.165) is 6.92 Å². The molecule has 0 fully saturated rings. The van der Waals surface area contributed by atoms with Gasteiger partial charge in [0.15, 0.2) is 12.0 Å². The SMILES string of the molecule is CC1=C(F)C(F)[CH]C(F)=C1F. The van der Waals surface area contributed by atoms with Crippen molar-refractivity contribution in [3.63, 3.8) is 0 Å². The summed E-state index contributed by atoms with van der Waals surface area (Å²) in [5.41, 5.74) is -0.600. The van der Waals surface area contributed by atoms with Crippen molar-refractivity contribution >= 4 is 0 Å². The first-order valence-electron chi connectivity index (χ1n) is 2.95. The topological polar surface area (TPSA) is 0 Å². The fraction of sp³-hybridized carbons (Fsp3) is 0.286. The first-order chi connectivity index (χ1) is 5.04. The highest BCUT2D eigenvalue weighted by atomic mass is 19.2. The maximum atomic E-state index is 12.4. The van der Waals surface area contributed by atoms with Crippen LogP contribution in [-0.4, -0.2) is 6.17 Å². The van der Waals surface area contributed by atoms with Crippen LogP contribution in [0.3, 0.4) is 0 Å². The summed E-state index contributed by atoms with van der Waals surface area (Å²) in [6, 6.07) is 0. The summed E-state index contributed by atoms with van der Waals surface area (Å²) >= 11 is 0. The van der Waals surface area contributed by atoms with Crippen LogP contribution in [0.4, 0.5) is 17.6 Å². The largest absolute Gasteiger partial charge is 0.239 e. The van der Waals surface area contributed by atoms with Crippen molar-refractivity contribution in [1.82, 2.24) is 0 Å². The van der Waals surface area contributed by atoms with E-state index in [1.807, 2.05) is 0 Å². The van der Waals surface area contributed by atoms with Gasteiger partial charge in [-0.05, 0) is 6.92 Å². The molecule has 0 amide bonds. The summed E-state index contributed by atoms with van der Waals surface area (Å²) < 4.78 is 49.4. The molecule has 1 atom stereocenters. The maximum absolute atomic E-state index is 12.4. The minimum Gasteiger partial charge on any atom is -0.239 e. The first kappa shape index (κ1) is 8.30. The zero-order chi connectivity index (χ0) is 8.59. The highest BCUT2D eigenvalue weighted by Crippen LogP contribution is 2.33. The van der Waals surface area contributed by atoms with Gasteiger partial charge in [-0.15, -0.1) is 0 Å². The van der Waals surface area contributed by atoms with Crippen LogP contribution < -0.4 is 0 Å². The molecule has 0 heterocycles. The Kier molecular flexibility index (Phi) is 2.02. The molecule has 11 heavy (non-hydrogen) atoms. The molecule has 0 aromatic heterocycles. The van der Waals surface area contributed by atoms with Crippen molar-refractivity contribution in [2.24, 2.45) is 0 Å². The van der Waals surface area contributed by atoms with E-state index >= 15 is 0 Å². The Morgan fingerprint density at radius 1 is 1.27 bits per heavy atom. The predicted octanol–water partition coefficient (Wildman–Crippen LogP) is 2.94. The molecule has 61 valence electrons. The molecular weight excluding hydrogens is 160 g/mol. The minimum atomic E-state index is -2.14. The zero-order valence-corrected chi connectivity index (χ0v) is 5.67. The van der Waals surface area contributed by atoms with E-state index in [1.165, 1.54) is 0 Å². The molecule has 1 aliphatic rings. The molecule has 0 saturated carbocycles. The molecule has 0 nitrogen and oxygen atoms in total. The Labute approximate surface area is 61.2 Å². The van der Waals surface area contributed by atoms with Crippen LogP contribution in [0.5, 0.6) is 0 Å². The van der Waals surface area contributed by atoms with E-state index in [2.05, 4.69) is 0 Å². The maximum Gasteiger partial charge on any atom is 0.162 e. The second-order valence-corrected chi connectivity index (χ2v) is 2.20. The fourth-order valence-electron chi connectivity index (χ4n) is 0.766. The third-order valence-electron chi connectivity index (χ3n) is 1.43. The van der Waals surface area contributed by atoms with Crippen molar-refractivity contribution in [1.29, 1.82) is 0 Å². The van der Waals surface area contributed by atoms with Crippen molar-refractivity contribution in [2.75, 3.05) is 0 Å². The zero-order valence-electron chi connectivity index (χ0n) is 5.67. The molecule has 0 aliphatic heterocycles. The summed E-state index contributed by atoms with van der Waals surface area (Å²) in [5.74, 6) is -3.92. The minimum absolute atomic E-state index is 0.262. The molecule has 0 saturated heterocycles. The lowest BCUT2D eigenvalue weighted by Crippen LogP contribution is -2.10. The molecule has 0 bridgehead atoms. The third kappa shape index (κ3) is 1.29. The molecule has 4 heteroatoms. The van der Waals surface area contributed by atoms with E-state index in [4.69, 9.17) is 0 Å². The molecule has 0 aromatic rings. The van der Waals surface area contributed by atoms with Crippen LogP contribution in [0.25, 0.3) is 0 Å². The number of alkyl halides is 1. The molecular formula is C7H5F4. The van der Waals surface area contributed by atoms with E-state index in [1.54, 1.807) is 0 Å². The van der Waals surface area contributed by atoms with E-state index in [0.29, 0.717) is 0 Å². The smallest absolute Gasteiger partial charge is 0.162 e. The van der Waals surface area contributed by atoms with Crippen LogP contribution >= 0.6 is 0 Å². The summed E-state index contributed by atoms with van der Waals surface area (Å²) in [4.78, 5) is 0. The van der Waals surface area contributed by atoms with Crippen LogP contribution in [0.2, 0.25) is 0 Å². The number of hydrogen-bond acceptors (Lipinski definition) is 0. The average molecular weight is 165 g/mol. The van der Waals surface area contributed by atoms with Gasteiger partial charge in [0.2, 0.25) is 0 Å². The molecule has 0 aromatic carbocycles. The van der Waals surface area contributed by atoms with Gasteiger partial charge in [-0.25, -0.2) is 17.6 Å². The second-order valence-electron chi connectivity index (χ2n) is 2.20. The Morgan fingerprint density at radius 3 is 2.36 bits per heavy atom. The van der Waals surface area contributed by atoms with Gasteiger partial charge in [-0.2, -0.15) is 0 Å². The number of halogens is 4. The van der Waals surface area contributed by atoms with E-state index in [9.17, 15) is 17.6 Å². The molecule has 1 rings (SSSR count). The van der Waals surface area contributed by atoms with Crippen molar-refractivity contribution in [2.45, 2.75) is 13.1 Å². The van der Waals surface area contributed by atoms with Gasteiger partial charge >= 0.3 is 0 Å². The number of hydrogen-bond donors (Lipinski definition) is 0. The van der Waals surface area contributed by atoms with Gasteiger partial charge in [-0.3, -0.25) is 0 Å².